The second-order valence-electron chi connectivity index (χ2n) is 3.24. The third-order valence-corrected chi connectivity index (χ3v) is 2.55. The fraction of sp³-hybridized carbons (Fsp3) is 0.111. The van der Waals surface area contributed by atoms with Crippen LogP contribution in [0.5, 0.6) is 5.75 Å². The summed E-state index contributed by atoms with van der Waals surface area (Å²) in [6.07, 6.45) is -4.74. The molecule has 0 saturated carbocycles. The van der Waals surface area contributed by atoms with Crippen LogP contribution in [0.1, 0.15) is 0 Å². The Kier molecular flexibility index (Phi) is 3.16. The molecule has 96 valence electrons. The minimum absolute atomic E-state index is 0.0525. The van der Waals surface area contributed by atoms with E-state index in [-0.39, 0.29) is 16.2 Å². The predicted octanol–water partition coefficient (Wildman–Crippen LogP) is 2.71. The monoisotopic (exact) mass is 322 g/mol. The second kappa shape index (κ2) is 4.48. The fourth-order valence-corrected chi connectivity index (χ4v) is 1.72. The Morgan fingerprint density at radius 2 is 2.06 bits per heavy atom. The summed E-state index contributed by atoms with van der Waals surface area (Å²) >= 11 is 2.99. The van der Waals surface area contributed by atoms with E-state index in [1.807, 2.05) is 0 Å². The lowest BCUT2D eigenvalue weighted by molar-refractivity contribution is -0.274. The van der Waals surface area contributed by atoms with Gasteiger partial charge in [-0.2, -0.15) is 4.98 Å². The molecule has 0 bridgehead atoms. The molecular formula is C9H6BrF3N4O. The lowest BCUT2D eigenvalue weighted by Crippen LogP contribution is -2.17. The molecule has 0 atom stereocenters. The van der Waals surface area contributed by atoms with Crippen molar-refractivity contribution in [2.75, 3.05) is 5.73 Å². The molecule has 0 aliphatic carbocycles. The maximum absolute atomic E-state index is 12.1. The average molecular weight is 323 g/mol. The molecule has 2 aromatic rings. The number of nitrogens with one attached hydrogen (secondary N) is 1. The van der Waals surface area contributed by atoms with Gasteiger partial charge < -0.3 is 10.5 Å². The number of ether oxygens (including phenoxy) is 1. The van der Waals surface area contributed by atoms with E-state index in [4.69, 9.17) is 5.73 Å². The molecule has 18 heavy (non-hydrogen) atoms. The number of alkyl halides is 3. The Hall–Kier alpha value is -1.77. The maximum atomic E-state index is 12.1. The van der Waals surface area contributed by atoms with Crippen LogP contribution < -0.4 is 10.5 Å². The summed E-state index contributed by atoms with van der Waals surface area (Å²) in [6.45, 7) is 0. The number of rotatable bonds is 2. The molecule has 1 aromatic carbocycles. The van der Waals surface area contributed by atoms with Gasteiger partial charge in [0, 0.05) is 5.56 Å². The molecule has 0 aliphatic heterocycles. The Balaban J connectivity index is 2.30. The Bertz CT molecular complexity index is 569. The van der Waals surface area contributed by atoms with Crippen LogP contribution in [0.2, 0.25) is 0 Å². The molecule has 3 N–H and O–H groups in total. The smallest absolute Gasteiger partial charge is 0.405 e. The number of nitrogens with two attached hydrogens (primary N) is 1. The SMILES string of the molecule is Nc1n[nH]c(-c2ccc(OC(F)(F)F)c(Br)c2)n1. The first-order chi connectivity index (χ1) is 8.35. The molecule has 0 fully saturated rings. The van der Waals surface area contributed by atoms with Crippen molar-refractivity contribution in [2.45, 2.75) is 6.36 Å². The number of hydrogen-bond acceptors (Lipinski definition) is 4. The average Bonchev–Trinajstić information content (AvgIpc) is 2.66. The van der Waals surface area contributed by atoms with Gasteiger partial charge in [0.1, 0.15) is 5.75 Å². The van der Waals surface area contributed by atoms with Crippen LogP contribution in [0.4, 0.5) is 19.1 Å². The fourth-order valence-electron chi connectivity index (χ4n) is 1.26. The van der Waals surface area contributed by atoms with E-state index in [0.717, 1.165) is 0 Å². The lowest BCUT2D eigenvalue weighted by Gasteiger charge is -2.10. The zero-order valence-electron chi connectivity index (χ0n) is 8.62. The zero-order chi connectivity index (χ0) is 13.3. The summed E-state index contributed by atoms with van der Waals surface area (Å²) in [4.78, 5) is 3.85. The van der Waals surface area contributed by atoms with Crippen molar-refractivity contribution >= 4 is 21.9 Å². The molecule has 1 aromatic heterocycles. The molecular weight excluding hydrogens is 317 g/mol. The number of hydrogen-bond donors (Lipinski definition) is 2. The van der Waals surface area contributed by atoms with E-state index in [2.05, 4.69) is 35.8 Å². The number of benzene rings is 1. The van der Waals surface area contributed by atoms with Crippen LogP contribution in [0.3, 0.4) is 0 Å². The molecule has 0 unspecified atom stereocenters. The second-order valence-corrected chi connectivity index (χ2v) is 4.09. The van der Waals surface area contributed by atoms with Crippen molar-refractivity contribution < 1.29 is 17.9 Å². The van der Waals surface area contributed by atoms with Gasteiger partial charge in [0.2, 0.25) is 5.95 Å². The first-order valence-corrected chi connectivity index (χ1v) is 5.38. The van der Waals surface area contributed by atoms with E-state index in [1.54, 1.807) is 0 Å². The Morgan fingerprint density at radius 1 is 1.33 bits per heavy atom. The normalized spacial score (nSPS) is 11.6. The highest BCUT2D eigenvalue weighted by Gasteiger charge is 2.32. The minimum Gasteiger partial charge on any atom is -0.405 e. The van der Waals surface area contributed by atoms with Crippen molar-refractivity contribution in [3.63, 3.8) is 0 Å². The van der Waals surface area contributed by atoms with Gasteiger partial charge in [0.25, 0.3) is 0 Å². The standard InChI is InChI=1S/C9H6BrF3N4O/c10-5-3-4(7-15-8(14)17-16-7)1-2-6(5)18-9(11,12)13/h1-3H,(H3,14,15,16,17). The van der Waals surface area contributed by atoms with Crippen LogP contribution in [-0.2, 0) is 0 Å². The zero-order valence-corrected chi connectivity index (χ0v) is 10.2. The predicted molar refractivity (Wildman–Crippen MR) is 60.6 cm³/mol. The third kappa shape index (κ3) is 2.92. The van der Waals surface area contributed by atoms with Crippen LogP contribution in [0, 0.1) is 0 Å². The molecule has 0 spiro atoms. The molecule has 0 radical (unpaired) electrons. The highest BCUT2D eigenvalue weighted by atomic mass is 79.9. The van der Waals surface area contributed by atoms with Crippen molar-refractivity contribution in [2.24, 2.45) is 0 Å². The molecule has 0 saturated heterocycles. The number of H-pyrrole nitrogens is 1. The van der Waals surface area contributed by atoms with Crippen molar-refractivity contribution in [3.05, 3.63) is 22.7 Å². The van der Waals surface area contributed by atoms with Gasteiger partial charge in [-0.25, -0.2) is 0 Å². The summed E-state index contributed by atoms with van der Waals surface area (Å²) in [5.74, 6) is 0.0715. The summed E-state index contributed by atoms with van der Waals surface area (Å²) < 4.78 is 40.1. The summed E-state index contributed by atoms with van der Waals surface area (Å²) in [5.41, 5.74) is 5.86. The van der Waals surface area contributed by atoms with Gasteiger partial charge in [-0.1, -0.05) is 0 Å². The number of anilines is 1. The number of aromatic amines is 1. The Morgan fingerprint density at radius 3 is 2.56 bits per heavy atom. The van der Waals surface area contributed by atoms with Gasteiger partial charge in [-0.3, -0.25) is 5.10 Å². The van der Waals surface area contributed by atoms with Gasteiger partial charge in [0.05, 0.1) is 4.47 Å². The summed E-state index contributed by atoms with van der Waals surface area (Å²) in [7, 11) is 0. The van der Waals surface area contributed by atoms with E-state index >= 15 is 0 Å². The van der Waals surface area contributed by atoms with Gasteiger partial charge in [-0.05, 0) is 34.1 Å². The highest BCUT2D eigenvalue weighted by molar-refractivity contribution is 9.10. The summed E-state index contributed by atoms with van der Waals surface area (Å²) in [5, 5.41) is 6.17. The number of nitrogens with zero attached hydrogens (tertiary/aromatic N) is 2. The number of aromatic nitrogens is 3. The molecule has 0 amide bonds. The van der Waals surface area contributed by atoms with E-state index < -0.39 is 6.36 Å². The van der Waals surface area contributed by atoms with Crippen LogP contribution in [0.15, 0.2) is 22.7 Å². The quantitative estimate of drug-likeness (QED) is 0.891. The molecule has 9 heteroatoms. The lowest BCUT2D eigenvalue weighted by atomic mass is 10.2. The molecule has 5 nitrogen and oxygen atoms in total. The van der Waals surface area contributed by atoms with E-state index in [1.165, 1.54) is 18.2 Å². The molecule has 0 aliphatic rings. The number of nitrogen functional groups attached to an aromatic ring is 1. The maximum Gasteiger partial charge on any atom is 0.573 e. The summed E-state index contributed by atoms with van der Waals surface area (Å²) in [6, 6.07) is 4.00. The first kappa shape index (κ1) is 12.7. The van der Waals surface area contributed by atoms with Crippen LogP contribution >= 0.6 is 15.9 Å². The topological polar surface area (TPSA) is 76.8 Å². The first-order valence-electron chi connectivity index (χ1n) is 4.59. The van der Waals surface area contributed by atoms with Crippen molar-refractivity contribution in [1.29, 1.82) is 0 Å². The minimum atomic E-state index is -4.74. The van der Waals surface area contributed by atoms with E-state index in [9.17, 15) is 13.2 Å². The van der Waals surface area contributed by atoms with Crippen molar-refractivity contribution in [1.82, 2.24) is 15.2 Å². The van der Waals surface area contributed by atoms with Crippen LogP contribution in [-0.4, -0.2) is 21.5 Å². The molecule has 1 heterocycles. The van der Waals surface area contributed by atoms with Gasteiger partial charge in [0.15, 0.2) is 5.82 Å². The van der Waals surface area contributed by atoms with Crippen molar-refractivity contribution in [3.8, 4) is 17.1 Å². The van der Waals surface area contributed by atoms with Crippen LogP contribution in [0.25, 0.3) is 11.4 Å². The van der Waals surface area contributed by atoms with Gasteiger partial charge >= 0.3 is 6.36 Å². The van der Waals surface area contributed by atoms with E-state index in [0.29, 0.717) is 11.4 Å². The molecule has 2 rings (SSSR count). The largest absolute Gasteiger partial charge is 0.573 e. The Labute approximate surface area is 107 Å². The highest BCUT2D eigenvalue weighted by Crippen LogP contribution is 2.33. The number of halogens is 4. The third-order valence-electron chi connectivity index (χ3n) is 1.93. The van der Waals surface area contributed by atoms with Gasteiger partial charge in [-0.15, -0.1) is 18.3 Å².